The zero-order chi connectivity index (χ0) is 19.7. The number of guanidine groups is 1. The fraction of sp³-hybridized carbons (Fsp3) is 0.579. The minimum Gasteiger partial charge on any atom is -0.469 e. The van der Waals surface area contributed by atoms with E-state index in [4.69, 9.17) is 4.74 Å². The van der Waals surface area contributed by atoms with Gasteiger partial charge in [0, 0.05) is 26.7 Å². The summed E-state index contributed by atoms with van der Waals surface area (Å²) in [5.41, 5.74) is 0.815. The molecule has 0 amide bonds. The number of halogens is 1. The number of carbonyl (C=O) groups is 1. The first-order valence-electron chi connectivity index (χ1n) is 9.23. The number of nitrogens with one attached hydrogen (secondary N) is 1. The van der Waals surface area contributed by atoms with Crippen LogP contribution in [-0.4, -0.2) is 64.8 Å². The molecule has 0 saturated carbocycles. The lowest BCUT2D eigenvalue weighted by atomic mass is 9.97. The van der Waals surface area contributed by atoms with Gasteiger partial charge in [0.25, 0.3) is 0 Å². The molecule has 0 bridgehead atoms. The first-order chi connectivity index (χ1) is 12.9. The van der Waals surface area contributed by atoms with Gasteiger partial charge in [-0.3, -0.25) is 9.79 Å². The van der Waals surface area contributed by atoms with Crippen LogP contribution in [0.2, 0.25) is 0 Å². The van der Waals surface area contributed by atoms with E-state index >= 15 is 0 Å². The van der Waals surface area contributed by atoms with E-state index in [-0.39, 0.29) is 47.4 Å². The first-order valence-corrected chi connectivity index (χ1v) is 11.0. The smallest absolute Gasteiger partial charge is 0.308 e. The number of hydrogen-bond acceptors (Lipinski definition) is 5. The molecule has 0 unspecified atom stereocenters. The summed E-state index contributed by atoms with van der Waals surface area (Å²) in [6.07, 6.45) is 1.99. The van der Waals surface area contributed by atoms with Gasteiger partial charge in [-0.05, 0) is 24.8 Å². The van der Waals surface area contributed by atoms with Gasteiger partial charge in [0.1, 0.15) is 0 Å². The van der Waals surface area contributed by atoms with Crippen LogP contribution in [0.25, 0.3) is 0 Å². The summed E-state index contributed by atoms with van der Waals surface area (Å²) in [6.45, 7) is 2.00. The minimum atomic E-state index is -3.13. The highest BCUT2D eigenvalue weighted by atomic mass is 127. The van der Waals surface area contributed by atoms with Crippen LogP contribution in [0, 0.1) is 5.92 Å². The average molecular weight is 523 g/mol. The Morgan fingerprint density at radius 2 is 1.89 bits per heavy atom. The second-order valence-corrected chi connectivity index (χ2v) is 8.87. The van der Waals surface area contributed by atoms with Crippen LogP contribution >= 0.6 is 24.0 Å². The molecule has 1 saturated heterocycles. The summed E-state index contributed by atoms with van der Waals surface area (Å²) in [5, 5.41) is 3.23. The summed E-state index contributed by atoms with van der Waals surface area (Å²) in [4.78, 5) is 18.0. The molecule has 1 heterocycles. The Morgan fingerprint density at radius 3 is 2.46 bits per heavy atom. The number of sulfone groups is 1. The van der Waals surface area contributed by atoms with E-state index in [1.54, 1.807) is 7.05 Å². The van der Waals surface area contributed by atoms with Crippen LogP contribution in [-0.2, 0) is 25.1 Å². The van der Waals surface area contributed by atoms with Crippen molar-refractivity contribution in [1.82, 2.24) is 10.2 Å². The number of benzene rings is 1. The average Bonchev–Trinajstić information content (AvgIpc) is 2.68. The maximum atomic E-state index is 12.2. The zero-order valence-corrected chi connectivity index (χ0v) is 19.6. The van der Waals surface area contributed by atoms with E-state index in [0.29, 0.717) is 13.0 Å². The monoisotopic (exact) mass is 523 g/mol. The van der Waals surface area contributed by atoms with Gasteiger partial charge in [-0.2, -0.15) is 0 Å². The van der Waals surface area contributed by atoms with Crippen LogP contribution in [0.3, 0.4) is 0 Å². The molecule has 28 heavy (non-hydrogen) atoms. The number of ether oxygens (including phenoxy) is 1. The maximum Gasteiger partial charge on any atom is 0.308 e. The summed E-state index contributed by atoms with van der Waals surface area (Å²) in [7, 11) is -0.00186. The molecule has 1 aliphatic rings. The molecular weight excluding hydrogens is 493 g/mol. The molecule has 0 aliphatic carbocycles. The van der Waals surface area contributed by atoms with Gasteiger partial charge in [-0.1, -0.05) is 30.3 Å². The number of piperidine rings is 1. The van der Waals surface area contributed by atoms with Crippen molar-refractivity contribution in [2.45, 2.75) is 25.0 Å². The van der Waals surface area contributed by atoms with E-state index in [2.05, 4.69) is 15.2 Å². The molecule has 9 heteroatoms. The minimum absolute atomic E-state index is 0. The maximum absolute atomic E-state index is 12.2. The molecule has 2 rings (SSSR count). The highest BCUT2D eigenvalue weighted by Crippen LogP contribution is 2.18. The molecule has 158 valence electrons. The van der Waals surface area contributed by atoms with E-state index in [1.807, 2.05) is 30.3 Å². The third-order valence-electron chi connectivity index (χ3n) is 4.69. The van der Waals surface area contributed by atoms with E-state index in [1.165, 1.54) is 7.11 Å². The molecule has 0 spiro atoms. The Hall–Kier alpha value is -1.36. The van der Waals surface area contributed by atoms with Crippen LogP contribution in [0.15, 0.2) is 35.3 Å². The molecule has 1 aliphatic heterocycles. The fourth-order valence-corrected chi connectivity index (χ4v) is 4.65. The molecular formula is C19H30IN3O4S. The van der Waals surface area contributed by atoms with Gasteiger partial charge in [0.15, 0.2) is 15.8 Å². The largest absolute Gasteiger partial charge is 0.469 e. The van der Waals surface area contributed by atoms with Gasteiger partial charge in [0.2, 0.25) is 0 Å². The summed E-state index contributed by atoms with van der Waals surface area (Å²) < 4.78 is 29.3. The summed E-state index contributed by atoms with van der Waals surface area (Å²) in [5.74, 6) is 0.757. The lowest BCUT2D eigenvalue weighted by Gasteiger charge is -2.33. The highest BCUT2D eigenvalue weighted by Gasteiger charge is 2.26. The van der Waals surface area contributed by atoms with E-state index in [9.17, 15) is 13.2 Å². The van der Waals surface area contributed by atoms with Gasteiger partial charge in [-0.15, -0.1) is 24.0 Å². The van der Waals surface area contributed by atoms with E-state index < -0.39 is 9.84 Å². The third-order valence-corrected chi connectivity index (χ3v) is 6.37. The van der Waals surface area contributed by atoms with Crippen molar-refractivity contribution in [3.8, 4) is 0 Å². The Labute approximate surface area is 184 Å². The number of nitrogens with zero attached hydrogens (tertiary/aromatic N) is 2. The predicted molar refractivity (Wildman–Crippen MR) is 122 cm³/mol. The van der Waals surface area contributed by atoms with Crippen molar-refractivity contribution in [3.05, 3.63) is 35.9 Å². The van der Waals surface area contributed by atoms with Crippen molar-refractivity contribution in [2.24, 2.45) is 10.9 Å². The van der Waals surface area contributed by atoms with Crippen molar-refractivity contribution in [2.75, 3.05) is 39.5 Å². The number of likely N-dealkylation sites (tertiary alicyclic amines) is 1. The van der Waals surface area contributed by atoms with Gasteiger partial charge in [-0.25, -0.2) is 8.42 Å². The molecule has 1 fully saturated rings. The van der Waals surface area contributed by atoms with Gasteiger partial charge in [0.05, 0.1) is 24.5 Å². The summed E-state index contributed by atoms with van der Waals surface area (Å²) in [6, 6.07) is 9.23. The predicted octanol–water partition coefficient (Wildman–Crippen LogP) is 2.07. The fourth-order valence-electron chi connectivity index (χ4n) is 3.22. The highest BCUT2D eigenvalue weighted by molar-refractivity contribution is 14.0. The number of aliphatic imine (C=N–C) groups is 1. The molecule has 1 N–H and O–H groups in total. The van der Waals surface area contributed by atoms with Crippen molar-refractivity contribution >= 4 is 45.7 Å². The van der Waals surface area contributed by atoms with Crippen LogP contribution in [0.4, 0.5) is 0 Å². The normalized spacial score (nSPS) is 15.6. The standard InChI is InChI=1S/C19H29N3O4S.HI/c1-20-19(22-12-9-17(10-13-22)18(23)26-2)21-11-6-14-27(24,25)15-16-7-4-3-5-8-16;/h3-5,7-8,17H,6,9-15H2,1-2H3,(H,20,21);1H. The Balaban J connectivity index is 0.00000392. The Kier molecular flexibility index (Phi) is 10.8. The first kappa shape index (κ1) is 24.7. The number of carbonyl (C=O) groups excluding carboxylic acids is 1. The summed E-state index contributed by atoms with van der Waals surface area (Å²) >= 11 is 0. The molecule has 7 nitrogen and oxygen atoms in total. The lowest BCUT2D eigenvalue weighted by molar-refractivity contribution is -0.146. The van der Waals surface area contributed by atoms with E-state index in [0.717, 1.165) is 37.5 Å². The molecule has 1 aromatic rings. The molecule has 0 atom stereocenters. The van der Waals surface area contributed by atoms with Gasteiger partial charge < -0.3 is 15.0 Å². The number of methoxy groups -OCH3 is 1. The van der Waals surface area contributed by atoms with Crippen LogP contribution in [0.1, 0.15) is 24.8 Å². The quantitative estimate of drug-likeness (QED) is 0.194. The number of esters is 1. The second-order valence-electron chi connectivity index (χ2n) is 6.69. The topological polar surface area (TPSA) is 88.1 Å². The van der Waals surface area contributed by atoms with Crippen LogP contribution in [0.5, 0.6) is 0 Å². The SMILES string of the molecule is CN=C(NCCCS(=O)(=O)Cc1ccccc1)N1CCC(C(=O)OC)CC1.I. The molecule has 1 aromatic carbocycles. The van der Waals surface area contributed by atoms with Crippen molar-refractivity contribution in [3.63, 3.8) is 0 Å². The molecule has 0 radical (unpaired) electrons. The van der Waals surface area contributed by atoms with Gasteiger partial charge >= 0.3 is 5.97 Å². The second kappa shape index (κ2) is 12.3. The zero-order valence-electron chi connectivity index (χ0n) is 16.5. The van der Waals surface area contributed by atoms with Crippen LogP contribution < -0.4 is 5.32 Å². The molecule has 0 aromatic heterocycles. The Bertz CT molecular complexity index is 733. The Morgan fingerprint density at radius 1 is 1.25 bits per heavy atom. The van der Waals surface area contributed by atoms with Crippen molar-refractivity contribution < 1.29 is 17.9 Å². The van der Waals surface area contributed by atoms with Crippen molar-refractivity contribution in [1.29, 1.82) is 0 Å². The lowest BCUT2D eigenvalue weighted by Crippen LogP contribution is -2.47. The number of hydrogen-bond donors (Lipinski definition) is 1. The number of rotatable bonds is 7. The third kappa shape index (κ3) is 7.94.